The van der Waals surface area contributed by atoms with E-state index in [1.54, 1.807) is 23.4 Å². The number of aromatic nitrogens is 1. The van der Waals surface area contributed by atoms with Crippen molar-refractivity contribution >= 4 is 51.8 Å². The van der Waals surface area contributed by atoms with Gasteiger partial charge in [0.15, 0.2) is 0 Å². The SMILES string of the molecule is CCCCCCCCN1C(=O)/C(=C\c2c(C)c(C#N)c(=O)n(C)c2N2CCN(c3ccccc3)CC2)SC1=S. The molecule has 0 bridgehead atoms. The van der Waals surface area contributed by atoms with Crippen LogP contribution in [0, 0.1) is 18.3 Å². The van der Waals surface area contributed by atoms with Crippen molar-refractivity contribution in [1.29, 1.82) is 5.26 Å². The van der Waals surface area contributed by atoms with Crippen molar-refractivity contribution < 1.29 is 4.79 Å². The number of hydrogen-bond donors (Lipinski definition) is 0. The molecule has 2 saturated heterocycles. The Morgan fingerprint density at radius 3 is 2.31 bits per heavy atom. The molecule has 2 aliphatic rings. The summed E-state index contributed by atoms with van der Waals surface area (Å²) < 4.78 is 2.13. The molecule has 3 heterocycles. The number of unbranched alkanes of at least 4 members (excludes halogenated alkanes) is 5. The number of carbonyl (C=O) groups is 1. The van der Waals surface area contributed by atoms with Crippen LogP contribution in [0.15, 0.2) is 40.0 Å². The Morgan fingerprint density at radius 2 is 1.64 bits per heavy atom. The number of benzene rings is 1. The number of thioether (sulfide) groups is 1. The van der Waals surface area contributed by atoms with E-state index in [1.807, 2.05) is 24.3 Å². The second-order valence-electron chi connectivity index (χ2n) is 10.1. The second-order valence-corrected chi connectivity index (χ2v) is 11.8. The number of nitriles is 1. The van der Waals surface area contributed by atoms with Gasteiger partial charge in [-0.25, -0.2) is 0 Å². The molecule has 2 aromatic rings. The van der Waals surface area contributed by atoms with E-state index in [-0.39, 0.29) is 17.0 Å². The molecule has 1 aromatic carbocycles. The van der Waals surface area contributed by atoms with Gasteiger partial charge in [0.25, 0.3) is 11.5 Å². The van der Waals surface area contributed by atoms with Crippen molar-refractivity contribution in [3.63, 3.8) is 0 Å². The quantitative estimate of drug-likeness (QED) is 0.216. The van der Waals surface area contributed by atoms with Crippen LogP contribution >= 0.6 is 24.0 Å². The van der Waals surface area contributed by atoms with E-state index >= 15 is 0 Å². The zero-order chi connectivity index (χ0) is 27.9. The average molecular weight is 564 g/mol. The molecule has 0 spiro atoms. The lowest BCUT2D eigenvalue weighted by Crippen LogP contribution is -2.48. The predicted molar refractivity (Wildman–Crippen MR) is 165 cm³/mol. The number of para-hydroxylation sites is 1. The van der Waals surface area contributed by atoms with Crippen molar-refractivity contribution in [2.24, 2.45) is 7.05 Å². The Morgan fingerprint density at radius 1 is 1.00 bits per heavy atom. The fraction of sp³-hybridized carbons (Fsp3) is 0.467. The lowest BCUT2D eigenvalue weighted by atomic mass is 10.0. The summed E-state index contributed by atoms with van der Waals surface area (Å²) in [6, 6.07) is 12.4. The summed E-state index contributed by atoms with van der Waals surface area (Å²) in [6.07, 6.45) is 8.71. The monoisotopic (exact) mass is 563 g/mol. The first kappa shape index (κ1) is 28.9. The predicted octanol–water partition coefficient (Wildman–Crippen LogP) is 5.45. The van der Waals surface area contributed by atoms with Gasteiger partial charge in [0.1, 0.15) is 21.8 Å². The molecule has 7 nitrogen and oxygen atoms in total. The van der Waals surface area contributed by atoms with Gasteiger partial charge in [-0.15, -0.1) is 0 Å². The van der Waals surface area contributed by atoms with Crippen LogP contribution in [0.1, 0.15) is 62.1 Å². The zero-order valence-corrected chi connectivity index (χ0v) is 24.7. The number of hydrogen-bond acceptors (Lipinski definition) is 7. The number of anilines is 2. The average Bonchev–Trinajstić information content (AvgIpc) is 3.22. The van der Waals surface area contributed by atoms with E-state index in [0.717, 1.165) is 37.3 Å². The smallest absolute Gasteiger partial charge is 0.270 e. The van der Waals surface area contributed by atoms with Crippen LogP contribution < -0.4 is 15.4 Å². The van der Waals surface area contributed by atoms with Gasteiger partial charge in [0.05, 0.1) is 4.91 Å². The molecule has 39 heavy (non-hydrogen) atoms. The molecule has 0 radical (unpaired) electrons. The molecule has 2 aliphatic heterocycles. The second kappa shape index (κ2) is 13.3. The third-order valence-electron chi connectivity index (χ3n) is 7.55. The van der Waals surface area contributed by atoms with Gasteiger partial charge in [-0.2, -0.15) is 5.26 Å². The first-order chi connectivity index (χ1) is 18.9. The van der Waals surface area contributed by atoms with Gasteiger partial charge in [0, 0.05) is 51.0 Å². The van der Waals surface area contributed by atoms with Crippen LogP contribution in [0.5, 0.6) is 0 Å². The topological polar surface area (TPSA) is 72.6 Å². The third-order valence-corrected chi connectivity index (χ3v) is 8.93. The Bertz CT molecular complexity index is 1340. The number of pyridine rings is 1. The van der Waals surface area contributed by atoms with E-state index in [4.69, 9.17) is 12.2 Å². The van der Waals surface area contributed by atoms with Crippen LogP contribution in [0.2, 0.25) is 0 Å². The molecule has 2 fully saturated rings. The van der Waals surface area contributed by atoms with E-state index in [1.165, 1.54) is 43.1 Å². The third kappa shape index (κ3) is 6.39. The van der Waals surface area contributed by atoms with Gasteiger partial charge < -0.3 is 9.80 Å². The van der Waals surface area contributed by atoms with Gasteiger partial charge >= 0.3 is 0 Å². The van der Waals surface area contributed by atoms with Crippen LogP contribution in [0.4, 0.5) is 11.5 Å². The fourth-order valence-corrected chi connectivity index (χ4v) is 6.57. The summed E-state index contributed by atoms with van der Waals surface area (Å²) in [7, 11) is 1.71. The maximum absolute atomic E-state index is 13.4. The maximum Gasteiger partial charge on any atom is 0.270 e. The van der Waals surface area contributed by atoms with Crippen LogP contribution in [0.3, 0.4) is 0 Å². The number of amides is 1. The van der Waals surface area contributed by atoms with E-state index in [9.17, 15) is 14.9 Å². The van der Waals surface area contributed by atoms with Gasteiger partial charge in [0.2, 0.25) is 0 Å². The van der Waals surface area contributed by atoms with Crippen LogP contribution in [-0.2, 0) is 11.8 Å². The molecule has 0 unspecified atom stereocenters. The minimum Gasteiger partial charge on any atom is -0.368 e. The molecule has 4 rings (SSSR count). The number of rotatable bonds is 10. The minimum absolute atomic E-state index is 0.0924. The molecular formula is C30H37N5O2S2. The minimum atomic E-state index is -0.316. The molecule has 1 amide bonds. The van der Waals surface area contributed by atoms with E-state index in [0.29, 0.717) is 34.4 Å². The highest BCUT2D eigenvalue weighted by Gasteiger charge is 2.33. The van der Waals surface area contributed by atoms with Crippen molar-refractivity contribution in [1.82, 2.24) is 9.47 Å². The number of nitrogens with zero attached hydrogens (tertiary/aromatic N) is 5. The van der Waals surface area contributed by atoms with Crippen molar-refractivity contribution in [3.8, 4) is 6.07 Å². The zero-order valence-electron chi connectivity index (χ0n) is 23.1. The van der Waals surface area contributed by atoms with Gasteiger partial charge in [-0.05, 0) is 37.1 Å². The largest absolute Gasteiger partial charge is 0.368 e. The molecule has 0 saturated carbocycles. The van der Waals surface area contributed by atoms with Crippen LogP contribution in [-0.4, -0.2) is 52.4 Å². The highest BCUT2D eigenvalue weighted by molar-refractivity contribution is 8.26. The van der Waals surface area contributed by atoms with Crippen molar-refractivity contribution in [3.05, 3.63) is 62.3 Å². The van der Waals surface area contributed by atoms with Gasteiger partial charge in [-0.3, -0.25) is 19.1 Å². The Balaban J connectivity index is 1.59. The number of carbonyl (C=O) groups excluding carboxylic acids is 1. The highest BCUT2D eigenvalue weighted by atomic mass is 32.2. The maximum atomic E-state index is 13.4. The molecule has 0 N–H and O–H groups in total. The van der Waals surface area contributed by atoms with Crippen molar-refractivity contribution in [2.75, 3.05) is 42.5 Å². The Hall–Kier alpha value is -3.09. The summed E-state index contributed by atoms with van der Waals surface area (Å²) in [5.41, 5.74) is 2.31. The molecule has 206 valence electrons. The van der Waals surface area contributed by atoms with Crippen molar-refractivity contribution in [2.45, 2.75) is 52.4 Å². The Labute approximate surface area is 241 Å². The van der Waals surface area contributed by atoms with E-state index in [2.05, 4.69) is 34.9 Å². The first-order valence-electron chi connectivity index (χ1n) is 13.8. The summed E-state index contributed by atoms with van der Waals surface area (Å²) in [5.74, 6) is 0.649. The fourth-order valence-electron chi connectivity index (χ4n) is 5.28. The molecular weight excluding hydrogens is 526 g/mol. The normalized spacial score (nSPS) is 16.9. The standard InChI is InChI=1S/C30H37N5O2S2/c1-4-5-6-7-8-12-15-35-29(37)26(39-30(35)38)20-24-22(2)25(21-31)28(36)32(3)27(24)34-18-16-33(17-19-34)23-13-10-9-11-14-23/h9-11,13-14,20H,4-8,12,15-19H2,1-3H3/b26-20+. The van der Waals surface area contributed by atoms with E-state index < -0.39 is 0 Å². The lowest BCUT2D eigenvalue weighted by Gasteiger charge is -2.38. The highest BCUT2D eigenvalue weighted by Crippen LogP contribution is 2.36. The molecule has 0 aliphatic carbocycles. The lowest BCUT2D eigenvalue weighted by molar-refractivity contribution is -0.122. The van der Waals surface area contributed by atoms with Crippen LogP contribution in [0.25, 0.3) is 6.08 Å². The van der Waals surface area contributed by atoms with Gasteiger partial charge in [-0.1, -0.05) is 81.2 Å². The molecule has 1 aromatic heterocycles. The summed E-state index contributed by atoms with van der Waals surface area (Å²) >= 11 is 6.89. The summed E-state index contributed by atoms with van der Waals surface area (Å²) in [5, 5.41) is 9.78. The summed E-state index contributed by atoms with van der Waals surface area (Å²) in [6.45, 7) is 7.66. The molecule has 9 heteroatoms. The first-order valence-corrected chi connectivity index (χ1v) is 15.0. The number of piperazine rings is 1. The number of thiocarbonyl (C=S) groups is 1. The molecule has 0 atom stereocenters. The summed E-state index contributed by atoms with van der Waals surface area (Å²) in [4.78, 5) is 33.3. The Kier molecular flexibility index (Phi) is 9.87.